The Morgan fingerprint density at radius 1 is 1.39 bits per heavy atom. The summed E-state index contributed by atoms with van der Waals surface area (Å²) in [4.78, 5) is 10.7. The molecule has 90 valence electrons. The van der Waals surface area contributed by atoms with E-state index in [-0.39, 0.29) is 17.0 Å². The Morgan fingerprint density at radius 3 is 2.94 bits per heavy atom. The van der Waals surface area contributed by atoms with Crippen LogP contribution in [0.3, 0.4) is 0 Å². The number of carbonyl (C=O) groups is 1. The van der Waals surface area contributed by atoms with Gasteiger partial charge in [0.05, 0.1) is 17.3 Å². The van der Waals surface area contributed by atoms with Gasteiger partial charge in [0.1, 0.15) is 17.1 Å². The molecule has 3 rings (SSSR count). The van der Waals surface area contributed by atoms with Gasteiger partial charge in [0.2, 0.25) is 0 Å². The van der Waals surface area contributed by atoms with Gasteiger partial charge in [0, 0.05) is 5.56 Å². The van der Waals surface area contributed by atoms with Crippen LogP contribution in [0.5, 0.6) is 0 Å². The number of aromatic nitrogens is 2. The van der Waals surface area contributed by atoms with Gasteiger partial charge in [-0.25, -0.2) is 9.18 Å². The van der Waals surface area contributed by atoms with E-state index in [1.165, 1.54) is 24.5 Å². The number of carboxylic acid groups (broad SMARTS) is 1. The van der Waals surface area contributed by atoms with Crippen molar-refractivity contribution in [2.24, 2.45) is 0 Å². The number of furan rings is 1. The molecule has 2 heterocycles. The predicted molar refractivity (Wildman–Crippen MR) is 60.7 cm³/mol. The highest BCUT2D eigenvalue weighted by molar-refractivity contribution is 5.88. The summed E-state index contributed by atoms with van der Waals surface area (Å²) in [6, 6.07) is 5.91. The van der Waals surface area contributed by atoms with Crippen molar-refractivity contribution in [1.29, 1.82) is 0 Å². The molecule has 6 heteroatoms. The summed E-state index contributed by atoms with van der Waals surface area (Å²) in [7, 11) is 0. The number of aromatic amines is 1. The summed E-state index contributed by atoms with van der Waals surface area (Å²) < 4.78 is 19.2. The van der Waals surface area contributed by atoms with E-state index in [4.69, 9.17) is 9.52 Å². The van der Waals surface area contributed by atoms with Crippen LogP contribution < -0.4 is 0 Å². The lowest BCUT2D eigenvalue weighted by Gasteiger charge is -1.99. The first kappa shape index (κ1) is 10.5. The van der Waals surface area contributed by atoms with Crippen LogP contribution in [0.1, 0.15) is 10.5 Å². The van der Waals surface area contributed by atoms with E-state index in [1.54, 1.807) is 6.07 Å². The molecule has 0 fully saturated rings. The zero-order valence-corrected chi connectivity index (χ0v) is 8.98. The number of rotatable bonds is 2. The number of aromatic carboxylic acids is 1. The monoisotopic (exact) mass is 246 g/mol. The third-order valence-corrected chi connectivity index (χ3v) is 2.65. The number of nitrogens with zero attached hydrogens (tertiary/aromatic N) is 1. The first-order valence-electron chi connectivity index (χ1n) is 5.11. The molecular formula is C12H7FN2O3. The Balaban J connectivity index is 2.18. The highest BCUT2D eigenvalue weighted by Crippen LogP contribution is 2.28. The first-order chi connectivity index (χ1) is 8.66. The molecule has 3 aromatic rings. The van der Waals surface area contributed by atoms with E-state index in [9.17, 15) is 9.18 Å². The quantitative estimate of drug-likeness (QED) is 0.728. The van der Waals surface area contributed by atoms with Gasteiger partial charge in [-0.1, -0.05) is 0 Å². The molecule has 0 spiro atoms. The Bertz CT molecular complexity index is 745. The van der Waals surface area contributed by atoms with Crippen LogP contribution in [0.15, 0.2) is 34.9 Å². The Kier molecular flexibility index (Phi) is 2.16. The number of nitrogens with one attached hydrogen (secondary N) is 1. The van der Waals surface area contributed by atoms with Gasteiger partial charge in [0.15, 0.2) is 0 Å². The standard InChI is InChI=1S/C12H7FN2O3/c13-11-6(1-2-10-7(11)3-4-18-10)8-5-9(12(16)17)15-14-8/h1-5H,(H,14,15)(H,16,17). The molecule has 0 radical (unpaired) electrons. The predicted octanol–water partition coefficient (Wildman–Crippen LogP) is 2.66. The van der Waals surface area contributed by atoms with Crippen LogP contribution in [0.4, 0.5) is 4.39 Å². The van der Waals surface area contributed by atoms with E-state index in [0.717, 1.165) is 0 Å². The lowest BCUT2D eigenvalue weighted by Crippen LogP contribution is -1.95. The second-order valence-corrected chi connectivity index (χ2v) is 3.73. The van der Waals surface area contributed by atoms with Crippen LogP contribution in [0, 0.1) is 5.82 Å². The van der Waals surface area contributed by atoms with Gasteiger partial charge in [-0.15, -0.1) is 0 Å². The van der Waals surface area contributed by atoms with Crippen LogP contribution >= 0.6 is 0 Å². The maximum absolute atomic E-state index is 14.1. The minimum absolute atomic E-state index is 0.0864. The van der Waals surface area contributed by atoms with Crippen LogP contribution in [0.2, 0.25) is 0 Å². The number of carboxylic acids is 1. The highest BCUT2D eigenvalue weighted by Gasteiger charge is 2.15. The van der Waals surface area contributed by atoms with Gasteiger partial charge in [-0.2, -0.15) is 5.10 Å². The summed E-state index contributed by atoms with van der Waals surface area (Å²) in [6.07, 6.45) is 1.39. The molecule has 2 N–H and O–H groups in total. The third kappa shape index (κ3) is 1.46. The fourth-order valence-corrected chi connectivity index (χ4v) is 1.78. The summed E-state index contributed by atoms with van der Waals surface area (Å²) in [5.41, 5.74) is 0.822. The molecule has 18 heavy (non-hydrogen) atoms. The van der Waals surface area contributed by atoms with E-state index >= 15 is 0 Å². The largest absolute Gasteiger partial charge is 0.477 e. The first-order valence-corrected chi connectivity index (χ1v) is 5.11. The summed E-state index contributed by atoms with van der Waals surface area (Å²) >= 11 is 0. The van der Waals surface area contributed by atoms with Crippen LogP contribution in [-0.2, 0) is 0 Å². The maximum atomic E-state index is 14.1. The summed E-state index contributed by atoms with van der Waals surface area (Å²) in [5, 5.41) is 15.2. The molecule has 1 aromatic carbocycles. The van der Waals surface area contributed by atoms with Crippen LogP contribution in [-0.4, -0.2) is 21.3 Å². The molecule has 5 nitrogen and oxygen atoms in total. The second-order valence-electron chi connectivity index (χ2n) is 3.73. The smallest absolute Gasteiger partial charge is 0.353 e. The van der Waals surface area contributed by atoms with Crippen molar-refractivity contribution in [3.05, 3.63) is 42.0 Å². The number of hydrogen-bond donors (Lipinski definition) is 2. The summed E-state index contributed by atoms with van der Waals surface area (Å²) in [6.45, 7) is 0. The average Bonchev–Trinajstić information content (AvgIpc) is 2.97. The van der Waals surface area contributed by atoms with Gasteiger partial charge in [0.25, 0.3) is 0 Å². The topological polar surface area (TPSA) is 79.1 Å². The van der Waals surface area contributed by atoms with E-state index in [1.807, 2.05) is 0 Å². The molecule has 0 aliphatic carbocycles. The highest BCUT2D eigenvalue weighted by atomic mass is 19.1. The van der Waals surface area contributed by atoms with Crippen molar-refractivity contribution in [2.75, 3.05) is 0 Å². The fraction of sp³-hybridized carbons (Fsp3) is 0. The lowest BCUT2D eigenvalue weighted by atomic mass is 10.1. The molecule has 0 bridgehead atoms. The van der Waals surface area contributed by atoms with Crippen LogP contribution in [0.25, 0.3) is 22.2 Å². The SMILES string of the molecule is O=C(O)c1cc(-c2ccc3occc3c2F)n[nH]1. The Hall–Kier alpha value is -2.63. The molecule has 0 saturated carbocycles. The lowest BCUT2D eigenvalue weighted by molar-refractivity contribution is 0.0690. The molecule has 0 atom stereocenters. The molecule has 0 aliphatic rings. The molecule has 0 amide bonds. The second kappa shape index (κ2) is 3.69. The van der Waals surface area contributed by atoms with Crippen molar-refractivity contribution in [3.8, 4) is 11.3 Å². The van der Waals surface area contributed by atoms with Crippen molar-refractivity contribution in [1.82, 2.24) is 10.2 Å². The maximum Gasteiger partial charge on any atom is 0.353 e. The Labute approximate surface area is 99.8 Å². The summed E-state index contributed by atoms with van der Waals surface area (Å²) in [5.74, 6) is -1.62. The third-order valence-electron chi connectivity index (χ3n) is 2.65. The average molecular weight is 246 g/mol. The number of fused-ring (bicyclic) bond motifs is 1. The normalized spacial score (nSPS) is 10.9. The Morgan fingerprint density at radius 2 is 2.22 bits per heavy atom. The van der Waals surface area contributed by atoms with Crippen molar-refractivity contribution in [2.45, 2.75) is 0 Å². The number of H-pyrrole nitrogens is 1. The number of halogens is 1. The van der Waals surface area contributed by atoms with Crippen molar-refractivity contribution < 1.29 is 18.7 Å². The zero-order valence-electron chi connectivity index (χ0n) is 8.98. The minimum atomic E-state index is -1.14. The van der Waals surface area contributed by atoms with Gasteiger partial charge in [-0.3, -0.25) is 5.10 Å². The zero-order chi connectivity index (χ0) is 12.7. The molecule has 0 aliphatic heterocycles. The molecule has 0 saturated heterocycles. The van der Waals surface area contributed by atoms with Crippen molar-refractivity contribution in [3.63, 3.8) is 0 Å². The number of hydrogen-bond acceptors (Lipinski definition) is 3. The fourth-order valence-electron chi connectivity index (χ4n) is 1.78. The molecule has 2 aromatic heterocycles. The van der Waals surface area contributed by atoms with Gasteiger partial charge < -0.3 is 9.52 Å². The van der Waals surface area contributed by atoms with E-state index in [0.29, 0.717) is 11.0 Å². The van der Waals surface area contributed by atoms with E-state index < -0.39 is 11.8 Å². The molecule has 0 unspecified atom stereocenters. The van der Waals surface area contributed by atoms with Gasteiger partial charge >= 0.3 is 5.97 Å². The van der Waals surface area contributed by atoms with E-state index in [2.05, 4.69) is 10.2 Å². The number of benzene rings is 1. The minimum Gasteiger partial charge on any atom is -0.477 e. The van der Waals surface area contributed by atoms with Gasteiger partial charge in [-0.05, 0) is 24.3 Å². The molecular weight excluding hydrogens is 239 g/mol. The van der Waals surface area contributed by atoms with Crippen molar-refractivity contribution >= 4 is 16.9 Å².